The summed E-state index contributed by atoms with van der Waals surface area (Å²) < 4.78 is 0. The van der Waals surface area contributed by atoms with Crippen molar-refractivity contribution < 1.29 is 9.90 Å². The van der Waals surface area contributed by atoms with Crippen molar-refractivity contribution in [3.63, 3.8) is 0 Å². The average Bonchev–Trinajstić information content (AvgIpc) is 2.39. The van der Waals surface area contributed by atoms with E-state index >= 15 is 0 Å². The van der Waals surface area contributed by atoms with E-state index in [-0.39, 0.29) is 6.47 Å². The Balaban J connectivity index is 0.000000236. The summed E-state index contributed by atoms with van der Waals surface area (Å²) in [7, 11) is 0. The number of nitrogens with zero attached hydrogens (tertiary/aromatic N) is 1. The van der Waals surface area contributed by atoms with E-state index in [1.165, 1.54) is 5.69 Å². The molecule has 56 valence electrons. The Morgan fingerprint density at radius 2 is 2.50 bits per heavy atom. The van der Waals surface area contributed by atoms with Gasteiger partial charge in [0.15, 0.2) is 0 Å². The Morgan fingerprint density at radius 1 is 1.90 bits per heavy atom. The molecule has 0 bridgehead atoms. The Hall–Kier alpha value is -0.900. The lowest BCUT2D eigenvalue weighted by atomic mass is 10.4. The van der Waals surface area contributed by atoms with Crippen LogP contribution in [0.15, 0.2) is 10.9 Å². The van der Waals surface area contributed by atoms with Crippen molar-refractivity contribution in [2.75, 3.05) is 0 Å². The molecule has 0 aromatic carbocycles. The molecule has 0 amide bonds. The highest BCUT2D eigenvalue weighted by Gasteiger charge is 1.84. The maximum atomic E-state index is 8.36. The standard InChI is InChI=1S/C5H7NS.CH2O2/c1-2-5-3-7-4-6-5;2-1-3/h3-4H,2H2,1H3;1H,(H,2,3). The van der Waals surface area contributed by atoms with E-state index in [4.69, 9.17) is 9.90 Å². The van der Waals surface area contributed by atoms with Crippen LogP contribution in [0.25, 0.3) is 0 Å². The van der Waals surface area contributed by atoms with Gasteiger partial charge >= 0.3 is 0 Å². The molecule has 0 fully saturated rings. The zero-order valence-corrected chi connectivity index (χ0v) is 6.47. The molecule has 0 radical (unpaired) electrons. The van der Waals surface area contributed by atoms with Gasteiger partial charge in [0.2, 0.25) is 0 Å². The maximum Gasteiger partial charge on any atom is 0.290 e. The van der Waals surface area contributed by atoms with Crippen molar-refractivity contribution in [1.82, 2.24) is 4.98 Å². The van der Waals surface area contributed by atoms with Gasteiger partial charge in [0.05, 0.1) is 11.2 Å². The molecule has 1 aromatic rings. The molecule has 4 heteroatoms. The van der Waals surface area contributed by atoms with Crippen LogP contribution in [0.2, 0.25) is 0 Å². The van der Waals surface area contributed by atoms with Crippen molar-refractivity contribution in [2.24, 2.45) is 0 Å². The Bertz CT molecular complexity index is 162. The first-order valence-electron chi connectivity index (χ1n) is 2.80. The van der Waals surface area contributed by atoms with E-state index in [0.29, 0.717) is 0 Å². The van der Waals surface area contributed by atoms with Gasteiger partial charge < -0.3 is 5.11 Å². The maximum absolute atomic E-state index is 8.36. The van der Waals surface area contributed by atoms with E-state index in [2.05, 4.69) is 17.3 Å². The summed E-state index contributed by atoms with van der Waals surface area (Å²) >= 11 is 1.65. The van der Waals surface area contributed by atoms with Gasteiger partial charge in [0.25, 0.3) is 6.47 Å². The fraction of sp³-hybridized carbons (Fsp3) is 0.333. The Kier molecular flexibility index (Phi) is 5.66. The molecule has 0 saturated carbocycles. The van der Waals surface area contributed by atoms with Crippen LogP contribution < -0.4 is 0 Å². The second kappa shape index (κ2) is 6.22. The van der Waals surface area contributed by atoms with Crippen LogP contribution in [0.1, 0.15) is 12.6 Å². The summed E-state index contributed by atoms with van der Waals surface area (Å²) in [6, 6.07) is 0. The summed E-state index contributed by atoms with van der Waals surface area (Å²) in [5, 5.41) is 8.96. The summed E-state index contributed by atoms with van der Waals surface area (Å²) in [6.07, 6.45) is 1.06. The van der Waals surface area contributed by atoms with E-state index in [1.54, 1.807) is 11.3 Å². The van der Waals surface area contributed by atoms with Crippen LogP contribution in [0, 0.1) is 0 Å². The normalized spacial score (nSPS) is 7.70. The minimum absolute atomic E-state index is 0.250. The monoisotopic (exact) mass is 159 g/mol. The van der Waals surface area contributed by atoms with Crippen LogP contribution in [0.5, 0.6) is 0 Å². The zero-order valence-electron chi connectivity index (χ0n) is 5.65. The van der Waals surface area contributed by atoms with Gasteiger partial charge in [0, 0.05) is 5.38 Å². The lowest BCUT2D eigenvalue weighted by molar-refractivity contribution is -0.122. The summed E-state index contributed by atoms with van der Waals surface area (Å²) in [4.78, 5) is 12.4. The topological polar surface area (TPSA) is 50.2 Å². The van der Waals surface area contributed by atoms with Gasteiger partial charge in [-0.25, -0.2) is 4.98 Å². The number of aryl methyl sites for hydroxylation is 1. The molecule has 1 heterocycles. The lowest BCUT2D eigenvalue weighted by Gasteiger charge is -1.77. The Labute approximate surface area is 63.3 Å². The first-order chi connectivity index (χ1) is 4.85. The van der Waals surface area contributed by atoms with Crippen molar-refractivity contribution in [1.29, 1.82) is 0 Å². The van der Waals surface area contributed by atoms with Gasteiger partial charge in [-0.3, -0.25) is 4.79 Å². The highest BCUT2D eigenvalue weighted by molar-refractivity contribution is 7.07. The Morgan fingerprint density at radius 3 is 2.70 bits per heavy atom. The van der Waals surface area contributed by atoms with Gasteiger partial charge in [-0.2, -0.15) is 0 Å². The third kappa shape index (κ3) is 4.03. The van der Waals surface area contributed by atoms with Crippen molar-refractivity contribution in [3.8, 4) is 0 Å². The number of carbonyl (C=O) groups is 1. The number of carboxylic acid groups (broad SMARTS) is 1. The molecule has 0 aliphatic carbocycles. The summed E-state index contributed by atoms with van der Waals surface area (Å²) in [5.74, 6) is 0. The molecule has 0 aliphatic rings. The van der Waals surface area contributed by atoms with E-state index in [1.807, 2.05) is 5.51 Å². The second-order valence-corrected chi connectivity index (χ2v) is 2.16. The molecule has 1 rings (SSSR count). The zero-order chi connectivity index (χ0) is 7.82. The number of hydrogen-bond acceptors (Lipinski definition) is 3. The minimum Gasteiger partial charge on any atom is -0.483 e. The fourth-order valence-electron chi connectivity index (χ4n) is 0.412. The van der Waals surface area contributed by atoms with E-state index in [9.17, 15) is 0 Å². The van der Waals surface area contributed by atoms with Crippen LogP contribution in [0.4, 0.5) is 0 Å². The molecule has 0 atom stereocenters. The molecule has 0 saturated heterocycles. The average molecular weight is 159 g/mol. The molecule has 1 aromatic heterocycles. The third-order valence-corrected chi connectivity index (χ3v) is 1.48. The highest BCUT2D eigenvalue weighted by Crippen LogP contribution is 1.99. The van der Waals surface area contributed by atoms with Crippen LogP contribution in [-0.2, 0) is 11.2 Å². The molecule has 0 aliphatic heterocycles. The number of hydrogen-bond donors (Lipinski definition) is 1. The molecule has 1 N–H and O–H groups in total. The molecule has 0 unspecified atom stereocenters. The van der Waals surface area contributed by atoms with Gasteiger partial charge in [0.1, 0.15) is 0 Å². The predicted octanol–water partition coefficient (Wildman–Crippen LogP) is 1.41. The van der Waals surface area contributed by atoms with Gasteiger partial charge in [-0.15, -0.1) is 11.3 Å². The predicted molar refractivity (Wildman–Crippen MR) is 40.2 cm³/mol. The van der Waals surface area contributed by atoms with Crippen LogP contribution in [0.3, 0.4) is 0 Å². The van der Waals surface area contributed by atoms with Crippen molar-refractivity contribution >= 4 is 17.8 Å². The quantitative estimate of drug-likeness (QED) is 0.630. The van der Waals surface area contributed by atoms with Crippen LogP contribution in [-0.4, -0.2) is 16.6 Å². The SMILES string of the molecule is CCc1cscn1.O=CO. The number of thiazole rings is 1. The highest BCUT2D eigenvalue weighted by atomic mass is 32.1. The number of aromatic nitrogens is 1. The summed E-state index contributed by atoms with van der Waals surface area (Å²) in [5.41, 5.74) is 3.06. The van der Waals surface area contributed by atoms with Crippen molar-refractivity contribution in [3.05, 3.63) is 16.6 Å². The van der Waals surface area contributed by atoms with E-state index in [0.717, 1.165) is 6.42 Å². The minimum atomic E-state index is -0.250. The largest absolute Gasteiger partial charge is 0.483 e. The van der Waals surface area contributed by atoms with Gasteiger partial charge in [-0.1, -0.05) is 6.92 Å². The molecular weight excluding hydrogens is 150 g/mol. The molecule has 0 spiro atoms. The summed E-state index contributed by atoms with van der Waals surface area (Å²) in [6.45, 7) is 1.86. The molecule has 3 nitrogen and oxygen atoms in total. The smallest absolute Gasteiger partial charge is 0.290 e. The van der Waals surface area contributed by atoms with E-state index < -0.39 is 0 Å². The molecule has 10 heavy (non-hydrogen) atoms. The first kappa shape index (κ1) is 9.10. The van der Waals surface area contributed by atoms with Crippen LogP contribution >= 0.6 is 11.3 Å². The van der Waals surface area contributed by atoms with Gasteiger partial charge in [-0.05, 0) is 6.42 Å². The fourth-order valence-corrected chi connectivity index (χ4v) is 1.05. The first-order valence-corrected chi connectivity index (χ1v) is 3.74. The second-order valence-electron chi connectivity index (χ2n) is 1.44. The number of rotatable bonds is 1. The lowest BCUT2D eigenvalue weighted by Crippen LogP contribution is -1.73. The van der Waals surface area contributed by atoms with Crippen molar-refractivity contribution in [2.45, 2.75) is 13.3 Å². The molecular formula is C6H9NO2S. The third-order valence-electron chi connectivity index (χ3n) is 0.846.